The first-order valence-electron chi connectivity index (χ1n) is 5.69. The molecule has 17 heavy (non-hydrogen) atoms. The number of hydrogen-bond acceptors (Lipinski definition) is 4. The molecular weight excluding hydrogens is 218 g/mol. The Hall–Kier alpha value is -1.78. The van der Waals surface area contributed by atoms with E-state index in [1.54, 1.807) is 18.2 Å². The molecule has 1 fully saturated rings. The van der Waals surface area contributed by atoms with E-state index in [2.05, 4.69) is 10.3 Å². The number of amides is 1. The van der Waals surface area contributed by atoms with Crippen LogP contribution in [0.3, 0.4) is 0 Å². The van der Waals surface area contributed by atoms with Gasteiger partial charge in [-0.05, 0) is 12.5 Å². The zero-order valence-corrected chi connectivity index (χ0v) is 10.1. The maximum atomic E-state index is 11.4. The Labute approximate surface area is 101 Å². The molecule has 0 saturated carbocycles. The molecule has 1 unspecified atom stereocenters. The summed E-state index contributed by atoms with van der Waals surface area (Å²) < 4.78 is 5.07. The van der Waals surface area contributed by atoms with Gasteiger partial charge in [0.1, 0.15) is 0 Å². The van der Waals surface area contributed by atoms with Gasteiger partial charge in [0, 0.05) is 44.0 Å². The Morgan fingerprint density at radius 3 is 3.12 bits per heavy atom. The van der Waals surface area contributed by atoms with Crippen LogP contribution >= 0.6 is 0 Å². The zero-order valence-electron chi connectivity index (χ0n) is 10.1. The highest BCUT2D eigenvalue weighted by molar-refractivity contribution is 5.77. The first-order chi connectivity index (χ1) is 8.19. The van der Waals surface area contributed by atoms with Crippen molar-refractivity contribution < 1.29 is 9.53 Å². The van der Waals surface area contributed by atoms with E-state index in [-0.39, 0.29) is 5.91 Å². The van der Waals surface area contributed by atoms with E-state index in [0.29, 0.717) is 18.3 Å². The van der Waals surface area contributed by atoms with E-state index in [1.165, 1.54) is 0 Å². The molecule has 5 nitrogen and oxygen atoms in total. The zero-order chi connectivity index (χ0) is 12.3. The number of carbonyl (C=O) groups excluding carboxylic acids is 1. The molecule has 5 heteroatoms. The first kappa shape index (κ1) is 11.7. The van der Waals surface area contributed by atoms with E-state index in [0.717, 1.165) is 18.7 Å². The van der Waals surface area contributed by atoms with Gasteiger partial charge in [-0.25, -0.2) is 4.98 Å². The number of likely N-dealkylation sites (tertiary alicyclic amines) is 1. The number of ether oxygens (including phenoxy) is 1. The van der Waals surface area contributed by atoms with Crippen LogP contribution in [0.4, 0.5) is 5.69 Å². The van der Waals surface area contributed by atoms with Crippen molar-refractivity contribution in [2.24, 2.45) is 0 Å². The molecule has 1 aliphatic rings. The Morgan fingerprint density at radius 1 is 1.59 bits per heavy atom. The van der Waals surface area contributed by atoms with Crippen LogP contribution in [0, 0.1) is 0 Å². The Bertz CT molecular complexity index is 408. The largest absolute Gasteiger partial charge is 0.481 e. The summed E-state index contributed by atoms with van der Waals surface area (Å²) in [5.74, 6) is 0.811. The average Bonchev–Trinajstić information content (AvgIpc) is 2.34. The molecule has 1 N–H and O–H groups in total. The predicted octanol–water partition coefficient (Wildman–Crippen LogP) is 1.12. The summed E-state index contributed by atoms with van der Waals surface area (Å²) in [4.78, 5) is 17.2. The lowest BCUT2D eigenvalue weighted by molar-refractivity contribution is -0.132. The van der Waals surface area contributed by atoms with Gasteiger partial charge < -0.3 is 15.0 Å². The first-order valence-corrected chi connectivity index (χ1v) is 5.69. The quantitative estimate of drug-likeness (QED) is 0.853. The number of pyridine rings is 1. The van der Waals surface area contributed by atoms with Gasteiger partial charge in [-0.3, -0.25) is 4.79 Å². The summed E-state index contributed by atoms with van der Waals surface area (Å²) in [5, 5.41) is 3.39. The number of rotatable bonds is 3. The third kappa shape index (κ3) is 2.87. The van der Waals surface area contributed by atoms with Crippen LogP contribution in [0.1, 0.15) is 12.8 Å². The standard InChI is InChI=1S/C12H17N3O2/c1-15-8-10(3-4-12(15)16)14-9-5-6-13-11(7-9)17-2/h5-7,10H,3-4,8H2,1-2H3,(H,13,14). The van der Waals surface area contributed by atoms with Crippen LogP contribution in [0.25, 0.3) is 0 Å². The van der Waals surface area contributed by atoms with Crippen molar-refractivity contribution in [3.05, 3.63) is 18.3 Å². The van der Waals surface area contributed by atoms with Gasteiger partial charge in [0.2, 0.25) is 11.8 Å². The van der Waals surface area contributed by atoms with E-state index in [1.807, 2.05) is 19.2 Å². The fourth-order valence-electron chi connectivity index (χ4n) is 1.98. The maximum absolute atomic E-state index is 11.4. The average molecular weight is 235 g/mol. The summed E-state index contributed by atoms with van der Waals surface area (Å²) in [6.07, 6.45) is 3.18. The molecule has 1 aromatic heterocycles. The molecule has 0 radical (unpaired) electrons. The molecule has 1 atom stereocenters. The van der Waals surface area contributed by atoms with Gasteiger partial charge in [-0.15, -0.1) is 0 Å². The molecule has 0 bridgehead atoms. The van der Waals surface area contributed by atoms with Crippen molar-refractivity contribution in [3.63, 3.8) is 0 Å². The third-order valence-electron chi connectivity index (χ3n) is 2.94. The molecule has 2 rings (SSSR count). The van der Waals surface area contributed by atoms with Crippen LogP contribution in [0.5, 0.6) is 5.88 Å². The molecule has 2 heterocycles. The van der Waals surface area contributed by atoms with E-state index < -0.39 is 0 Å². The maximum Gasteiger partial charge on any atom is 0.222 e. The van der Waals surface area contributed by atoms with E-state index >= 15 is 0 Å². The van der Waals surface area contributed by atoms with Gasteiger partial charge in [-0.2, -0.15) is 0 Å². The molecule has 1 aliphatic heterocycles. The fraction of sp³-hybridized carbons (Fsp3) is 0.500. The minimum absolute atomic E-state index is 0.218. The predicted molar refractivity (Wildman–Crippen MR) is 65.1 cm³/mol. The summed E-state index contributed by atoms with van der Waals surface area (Å²) in [6.45, 7) is 0.740. The number of piperidine rings is 1. The number of likely N-dealkylation sites (N-methyl/N-ethyl adjacent to an activating group) is 1. The van der Waals surface area contributed by atoms with Gasteiger partial charge in [0.05, 0.1) is 7.11 Å². The van der Waals surface area contributed by atoms with Gasteiger partial charge >= 0.3 is 0 Å². The Morgan fingerprint density at radius 2 is 2.41 bits per heavy atom. The normalized spacial score (nSPS) is 20.2. The van der Waals surface area contributed by atoms with Crippen molar-refractivity contribution in [3.8, 4) is 5.88 Å². The minimum Gasteiger partial charge on any atom is -0.481 e. The molecule has 1 saturated heterocycles. The van der Waals surface area contributed by atoms with E-state index in [9.17, 15) is 4.79 Å². The van der Waals surface area contributed by atoms with Crippen LogP contribution < -0.4 is 10.1 Å². The van der Waals surface area contributed by atoms with Crippen molar-refractivity contribution in [2.45, 2.75) is 18.9 Å². The summed E-state index contributed by atoms with van der Waals surface area (Å²) >= 11 is 0. The lowest BCUT2D eigenvalue weighted by Crippen LogP contribution is -2.43. The van der Waals surface area contributed by atoms with Crippen molar-refractivity contribution in [1.29, 1.82) is 0 Å². The number of methoxy groups -OCH3 is 1. The smallest absolute Gasteiger partial charge is 0.222 e. The highest BCUT2D eigenvalue weighted by Crippen LogP contribution is 2.18. The number of carbonyl (C=O) groups is 1. The molecule has 1 aromatic rings. The Kier molecular flexibility index (Phi) is 3.46. The summed E-state index contributed by atoms with van der Waals surface area (Å²) in [6, 6.07) is 4.06. The second kappa shape index (κ2) is 5.03. The number of anilines is 1. The second-order valence-corrected chi connectivity index (χ2v) is 4.24. The van der Waals surface area contributed by atoms with Crippen molar-refractivity contribution >= 4 is 11.6 Å². The monoisotopic (exact) mass is 235 g/mol. The number of aromatic nitrogens is 1. The van der Waals surface area contributed by atoms with Gasteiger partial charge in [0.25, 0.3) is 0 Å². The lowest BCUT2D eigenvalue weighted by Gasteiger charge is -2.30. The van der Waals surface area contributed by atoms with Crippen LogP contribution in [0.15, 0.2) is 18.3 Å². The highest BCUT2D eigenvalue weighted by Gasteiger charge is 2.22. The lowest BCUT2D eigenvalue weighted by atomic mass is 10.1. The fourth-order valence-corrected chi connectivity index (χ4v) is 1.98. The molecule has 0 aliphatic carbocycles. The SMILES string of the molecule is COc1cc(NC2CCC(=O)N(C)C2)ccn1. The molecular formula is C12H17N3O2. The molecule has 92 valence electrons. The Balaban J connectivity index is 1.98. The topological polar surface area (TPSA) is 54.5 Å². The number of hydrogen-bond donors (Lipinski definition) is 1. The van der Waals surface area contributed by atoms with E-state index in [4.69, 9.17) is 4.74 Å². The minimum atomic E-state index is 0.218. The highest BCUT2D eigenvalue weighted by atomic mass is 16.5. The molecule has 0 spiro atoms. The summed E-state index contributed by atoms with van der Waals surface area (Å²) in [5.41, 5.74) is 0.976. The van der Waals surface area contributed by atoms with Crippen molar-refractivity contribution in [1.82, 2.24) is 9.88 Å². The van der Waals surface area contributed by atoms with Crippen molar-refractivity contribution in [2.75, 3.05) is 26.0 Å². The van der Waals surface area contributed by atoms with Crippen LogP contribution in [-0.4, -0.2) is 42.5 Å². The van der Waals surface area contributed by atoms with Gasteiger partial charge in [0.15, 0.2) is 0 Å². The second-order valence-electron chi connectivity index (χ2n) is 4.24. The molecule has 0 aromatic carbocycles. The third-order valence-corrected chi connectivity index (χ3v) is 2.94. The molecule has 1 amide bonds. The van der Waals surface area contributed by atoms with Crippen LogP contribution in [0.2, 0.25) is 0 Å². The summed E-state index contributed by atoms with van der Waals surface area (Å²) in [7, 11) is 3.43. The van der Waals surface area contributed by atoms with Crippen LogP contribution in [-0.2, 0) is 4.79 Å². The number of nitrogens with zero attached hydrogens (tertiary/aromatic N) is 2. The van der Waals surface area contributed by atoms with Gasteiger partial charge in [-0.1, -0.05) is 0 Å². The number of nitrogens with one attached hydrogen (secondary N) is 1.